The summed E-state index contributed by atoms with van der Waals surface area (Å²) >= 11 is 1.31. The van der Waals surface area contributed by atoms with E-state index in [4.69, 9.17) is 14.6 Å². The largest absolute Gasteiger partial charge is 0.497 e. The molecule has 0 bridgehead atoms. The maximum Gasteiger partial charge on any atom is 0.253 e. The molecule has 2 aromatic carbocycles. The normalized spacial score (nSPS) is 20.2. The Morgan fingerprint density at radius 2 is 1.78 bits per heavy atom. The molecule has 3 aromatic rings. The van der Waals surface area contributed by atoms with E-state index in [0.717, 1.165) is 47.6 Å². The van der Waals surface area contributed by atoms with Crippen LogP contribution in [0, 0.1) is 5.92 Å². The van der Waals surface area contributed by atoms with Gasteiger partial charge >= 0.3 is 0 Å². The van der Waals surface area contributed by atoms with Crippen LogP contribution in [-0.4, -0.2) is 56.8 Å². The minimum atomic E-state index is -0.170. The van der Waals surface area contributed by atoms with Gasteiger partial charge in [0.1, 0.15) is 11.5 Å². The van der Waals surface area contributed by atoms with Gasteiger partial charge in [0.25, 0.3) is 5.91 Å². The quantitative estimate of drug-likeness (QED) is 0.446. The highest BCUT2D eigenvalue weighted by Gasteiger charge is 2.43. The molecule has 1 amide bonds. The lowest BCUT2D eigenvalue weighted by molar-refractivity contribution is -0.130. The predicted octanol–water partition coefficient (Wildman–Crippen LogP) is 4.14. The third-order valence-corrected chi connectivity index (χ3v) is 7.57. The Bertz CT molecular complexity index is 1290. The van der Waals surface area contributed by atoms with Crippen LogP contribution in [0.25, 0.3) is 6.08 Å². The molecule has 0 spiro atoms. The summed E-state index contributed by atoms with van der Waals surface area (Å²) in [5, 5.41) is 18.7. The van der Waals surface area contributed by atoms with Crippen molar-refractivity contribution in [1.82, 2.24) is 25.2 Å². The second-order valence-electron chi connectivity index (χ2n) is 8.76. The molecule has 36 heavy (non-hydrogen) atoms. The van der Waals surface area contributed by atoms with E-state index >= 15 is 0 Å². The van der Waals surface area contributed by atoms with Crippen LogP contribution in [0.3, 0.4) is 0 Å². The van der Waals surface area contributed by atoms with Gasteiger partial charge in [-0.3, -0.25) is 4.79 Å². The second kappa shape index (κ2) is 10.5. The summed E-state index contributed by atoms with van der Waals surface area (Å²) < 4.78 is 12.2. The van der Waals surface area contributed by atoms with Crippen LogP contribution in [0.4, 0.5) is 0 Å². The topological polar surface area (TPSA) is 94.7 Å². The fourth-order valence-electron chi connectivity index (χ4n) is 4.78. The molecule has 2 heterocycles. The van der Waals surface area contributed by atoms with E-state index in [2.05, 4.69) is 21.6 Å². The highest BCUT2D eigenvalue weighted by Crippen LogP contribution is 2.45. The van der Waals surface area contributed by atoms with E-state index in [1.165, 1.54) is 17.3 Å². The lowest BCUT2D eigenvalue weighted by Gasteiger charge is -2.29. The van der Waals surface area contributed by atoms with E-state index in [1.807, 2.05) is 48.5 Å². The molecule has 1 aliphatic heterocycles. The minimum absolute atomic E-state index is 0.0745. The van der Waals surface area contributed by atoms with Crippen LogP contribution in [-0.2, 0) is 11.8 Å². The van der Waals surface area contributed by atoms with Crippen molar-refractivity contribution in [3.05, 3.63) is 65.2 Å². The number of aromatic nitrogens is 4. The smallest absolute Gasteiger partial charge is 0.253 e. The molecule has 0 radical (unpaired) electrons. The zero-order valence-corrected chi connectivity index (χ0v) is 21.3. The summed E-state index contributed by atoms with van der Waals surface area (Å²) in [6.07, 6.45) is 5.13. The number of nitrogens with zero attached hydrogens (tertiary/aromatic N) is 6. The van der Waals surface area contributed by atoms with Crippen LogP contribution in [0.1, 0.15) is 36.4 Å². The molecule has 1 saturated carbocycles. The van der Waals surface area contributed by atoms with Gasteiger partial charge in [0.15, 0.2) is 0 Å². The Morgan fingerprint density at radius 1 is 1.08 bits per heavy atom. The molecule has 186 valence electrons. The van der Waals surface area contributed by atoms with E-state index < -0.39 is 0 Å². The number of hydrazone groups is 1. The Hall–Kier alpha value is -3.66. The van der Waals surface area contributed by atoms with Gasteiger partial charge in [-0.25, -0.2) is 9.69 Å². The lowest BCUT2D eigenvalue weighted by atomic mass is 9.77. The Morgan fingerprint density at radius 3 is 2.42 bits per heavy atom. The number of benzene rings is 2. The van der Waals surface area contributed by atoms with Crippen molar-refractivity contribution in [2.75, 3.05) is 20.0 Å². The average molecular weight is 505 g/mol. The van der Waals surface area contributed by atoms with E-state index in [9.17, 15) is 4.79 Å². The summed E-state index contributed by atoms with van der Waals surface area (Å²) in [4.78, 5) is 13.5. The highest BCUT2D eigenvalue weighted by molar-refractivity contribution is 7.99. The molecule has 1 fully saturated rings. The van der Waals surface area contributed by atoms with Crippen LogP contribution in [0.2, 0.25) is 0 Å². The molecule has 2 unspecified atom stereocenters. The zero-order chi connectivity index (χ0) is 25.1. The minimum Gasteiger partial charge on any atom is -0.497 e. The number of hydrogen-bond acceptors (Lipinski definition) is 8. The van der Waals surface area contributed by atoms with Gasteiger partial charge in [0.2, 0.25) is 5.16 Å². The van der Waals surface area contributed by atoms with Crippen molar-refractivity contribution in [1.29, 1.82) is 0 Å². The Labute approximate surface area is 214 Å². The fraction of sp³-hybridized carbons (Fsp3) is 0.346. The predicted molar refractivity (Wildman–Crippen MR) is 138 cm³/mol. The van der Waals surface area contributed by atoms with Crippen molar-refractivity contribution >= 4 is 29.5 Å². The fourth-order valence-corrected chi connectivity index (χ4v) is 5.48. The third kappa shape index (κ3) is 4.86. The number of rotatable bonds is 7. The lowest BCUT2D eigenvalue weighted by Crippen LogP contribution is -2.32. The van der Waals surface area contributed by atoms with Gasteiger partial charge in [-0.1, -0.05) is 36.0 Å². The number of allylic oxidation sites excluding steroid dienone is 1. The number of methoxy groups -OCH3 is 2. The van der Waals surface area contributed by atoms with Crippen molar-refractivity contribution in [3.63, 3.8) is 0 Å². The number of carbonyl (C=O) groups is 1. The van der Waals surface area contributed by atoms with Crippen LogP contribution < -0.4 is 9.47 Å². The monoisotopic (exact) mass is 504 g/mol. The number of fused-ring (bicyclic) bond motifs is 1. The summed E-state index contributed by atoms with van der Waals surface area (Å²) in [5.41, 5.74) is 4.31. The summed E-state index contributed by atoms with van der Waals surface area (Å²) in [6, 6.07) is 15.8. The zero-order valence-electron chi connectivity index (χ0n) is 20.5. The van der Waals surface area contributed by atoms with Gasteiger partial charge in [0.05, 0.1) is 31.7 Å². The summed E-state index contributed by atoms with van der Waals surface area (Å²) in [6.45, 7) is 0. The second-order valence-corrected chi connectivity index (χ2v) is 9.70. The van der Waals surface area contributed by atoms with Gasteiger partial charge in [-0.2, -0.15) is 5.10 Å². The molecule has 1 aromatic heterocycles. The number of hydrogen-bond donors (Lipinski definition) is 0. The number of thioether (sulfide) groups is 1. The Kier molecular flexibility index (Phi) is 7.04. The summed E-state index contributed by atoms with van der Waals surface area (Å²) in [5.74, 6) is 1.85. The maximum absolute atomic E-state index is 13.5. The van der Waals surface area contributed by atoms with Gasteiger partial charge < -0.3 is 9.47 Å². The molecular formula is C26H28N6O3S. The number of amides is 1. The van der Waals surface area contributed by atoms with Gasteiger partial charge in [-0.05, 0) is 76.7 Å². The first kappa shape index (κ1) is 24.1. The first-order valence-corrected chi connectivity index (χ1v) is 12.8. The average Bonchev–Trinajstić information content (AvgIpc) is 3.51. The van der Waals surface area contributed by atoms with Crippen molar-refractivity contribution in [2.45, 2.75) is 30.5 Å². The number of carbonyl (C=O) groups excluding carboxylic acids is 1. The number of ether oxygens (including phenoxy) is 2. The molecule has 0 N–H and O–H groups in total. The molecular weight excluding hydrogens is 476 g/mol. The van der Waals surface area contributed by atoms with Crippen LogP contribution in [0.5, 0.6) is 11.5 Å². The van der Waals surface area contributed by atoms with Gasteiger partial charge in [-0.15, -0.1) is 5.10 Å². The molecule has 1 aliphatic carbocycles. The van der Waals surface area contributed by atoms with Crippen molar-refractivity contribution < 1.29 is 14.3 Å². The van der Waals surface area contributed by atoms with E-state index in [0.29, 0.717) is 5.16 Å². The molecule has 0 saturated heterocycles. The van der Waals surface area contributed by atoms with Crippen molar-refractivity contribution in [3.8, 4) is 11.5 Å². The van der Waals surface area contributed by atoms with Gasteiger partial charge in [0, 0.05) is 13.0 Å². The maximum atomic E-state index is 13.5. The summed E-state index contributed by atoms with van der Waals surface area (Å²) in [7, 11) is 5.07. The first-order valence-electron chi connectivity index (χ1n) is 11.8. The Balaban J connectivity index is 1.47. The highest BCUT2D eigenvalue weighted by atomic mass is 32.2. The van der Waals surface area contributed by atoms with Crippen LogP contribution >= 0.6 is 11.8 Å². The van der Waals surface area contributed by atoms with Crippen molar-refractivity contribution in [2.24, 2.45) is 18.1 Å². The molecule has 2 atom stereocenters. The third-order valence-electron chi connectivity index (χ3n) is 6.58. The van der Waals surface area contributed by atoms with E-state index in [1.54, 1.807) is 31.0 Å². The molecule has 5 rings (SSSR count). The number of aryl methyl sites for hydroxylation is 1. The SMILES string of the molecule is COc1ccc(C=C2CCCC3C2=NN(C(=O)CSc2nnnn2C)C3c2ccc(OC)cc2)cc1. The molecule has 9 nitrogen and oxygen atoms in total. The standard InChI is InChI=1S/C26H28N6O3S/c1-31-26(27-29-30-31)36-16-23(33)32-25(18-9-13-21(35-3)14-10-18)22-6-4-5-19(24(22)28-32)15-17-7-11-20(34-2)12-8-17/h7-15,22,25H,4-6,16H2,1-3H3. The first-order chi connectivity index (χ1) is 17.6. The van der Waals surface area contributed by atoms with E-state index in [-0.39, 0.29) is 23.6 Å². The molecule has 10 heteroatoms. The number of tetrazole rings is 1. The van der Waals surface area contributed by atoms with Crippen LogP contribution in [0.15, 0.2) is 64.4 Å². The molecule has 2 aliphatic rings.